The van der Waals surface area contributed by atoms with Crippen LogP contribution in [0.25, 0.3) is 0 Å². The van der Waals surface area contributed by atoms with E-state index >= 15 is 0 Å². The molecule has 1 aliphatic heterocycles. The molecular weight excluding hydrogens is 226 g/mol. The number of aliphatic hydroxyl groups excluding tert-OH is 1. The Hall–Kier alpha value is -1.35. The van der Waals surface area contributed by atoms with Crippen molar-refractivity contribution >= 4 is 5.91 Å². The molecule has 1 aromatic rings. The molecule has 1 N–H and O–H groups in total. The molecule has 0 aliphatic carbocycles. The quantitative estimate of drug-likeness (QED) is 0.815. The highest BCUT2D eigenvalue weighted by Crippen LogP contribution is 2.40. The first-order chi connectivity index (χ1) is 8.34. The second kappa shape index (κ2) is 4.39. The minimum atomic E-state index is -0.851. The summed E-state index contributed by atoms with van der Waals surface area (Å²) >= 11 is 0. The first kappa shape index (κ1) is 13.1. The Morgan fingerprint density at radius 3 is 2.28 bits per heavy atom. The van der Waals surface area contributed by atoms with Crippen LogP contribution in [0.4, 0.5) is 0 Å². The van der Waals surface area contributed by atoms with Gasteiger partial charge in [-0.25, -0.2) is 0 Å². The smallest absolute Gasteiger partial charge is 0.254 e. The maximum absolute atomic E-state index is 11.9. The molecule has 2 rings (SSSR count). The Labute approximate surface area is 108 Å². The first-order valence-corrected chi connectivity index (χ1v) is 6.39. The molecule has 0 unspecified atom stereocenters. The highest BCUT2D eigenvalue weighted by atomic mass is 16.3. The molecule has 0 radical (unpaired) electrons. The average Bonchev–Trinajstić information content (AvgIpc) is 2.33. The van der Waals surface area contributed by atoms with Gasteiger partial charge in [0.25, 0.3) is 5.91 Å². The van der Waals surface area contributed by atoms with Crippen LogP contribution in [0.15, 0.2) is 30.3 Å². The third-order valence-corrected chi connectivity index (χ3v) is 3.69. The number of nitrogens with zero attached hydrogens (tertiary/aromatic N) is 1. The summed E-state index contributed by atoms with van der Waals surface area (Å²) < 4.78 is 0. The van der Waals surface area contributed by atoms with E-state index in [1.165, 1.54) is 0 Å². The lowest BCUT2D eigenvalue weighted by Gasteiger charge is -2.53. The van der Waals surface area contributed by atoms with E-state index in [1.54, 1.807) is 4.90 Å². The van der Waals surface area contributed by atoms with E-state index in [4.69, 9.17) is 0 Å². The number of hydrogen-bond acceptors (Lipinski definition) is 2. The van der Waals surface area contributed by atoms with Crippen molar-refractivity contribution in [2.45, 2.75) is 45.9 Å². The minimum Gasteiger partial charge on any atom is -0.381 e. The van der Waals surface area contributed by atoms with Crippen LogP contribution in [-0.2, 0) is 4.79 Å². The van der Waals surface area contributed by atoms with E-state index in [0.29, 0.717) is 0 Å². The van der Waals surface area contributed by atoms with Gasteiger partial charge >= 0.3 is 0 Å². The summed E-state index contributed by atoms with van der Waals surface area (Å²) in [6, 6.07) is 9.83. The van der Waals surface area contributed by atoms with Gasteiger partial charge in [0, 0.05) is 0 Å². The lowest BCUT2D eigenvalue weighted by atomic mass is 9.75. The van der Waals surface area contributed by atoms with Crippen molar-refractivity contribution in [2.24, 2.45) is 5.41 Å². The van der Waals surface area contributed by atoms with Gasteiger partial charge in [-0.15, -0.1) is 0 Å². The summed E-state index contributed by atoms with van der Waals surface area (Å²) in [5.41, 5.74) is 0.989. The monoisotopic (exact) mass is 247 g/mol. The molecule has 18 heavy (non-hydrogen) atoms. The van der Waals surface area contributed by atoms with Gasteiger partial charge in [0.15, 0.2) is 6.10 Å². The van der Waals surface area contributed by atoms with Crippen molar-refractivity contribution in [2.75, 3.05) is 0 Å². The van der Waals surface area contributed by atoms with E-state index < -0.39 is 6.10 Å². The van der Waals surface area contributed by atoms with Crippen molar-refractivity contribution < 1.29 is 9.90 Å². The molecule has 0 saturated carbocycles. The predicted octanol–water partition coefficient (Wildman–Crippen LogP) is 2.37. The van der Waals surface area contributed by atoms with E-state index in [1.807, 2.05) is 37.3 Å². The van der Waals surface area contributed by atoms with Crippen LogP contribution in [0.2, 0.25) is 0 Å². The normalized spacial score (nSPS) is 25.8. The summed E-state index contributed by atoms with van der Waals surface area (Å²) in [4.78, 5) is 13.7. The summed E-state index contributed by atoms with van der Waals surface area (Å²) in [7, 11) is 0. The zero-order valence-electron chi connectivity index (χ0n) is 11.4. The maximum atomic E-state index is 11.9. The van der Waals surface area contributed by atoms with Crippen LogP contribution in [0.1, 0.15) is 39.3 Å². The van der Waals surface area contributed by atoms with Crippen molar-refractivity contribution in [1.29, 1.82) is 0 Å². The largest absolute Gasteiger partial charge is 0.381 e. The zero-order chi connectivity index (χ0) is 13.5. The predicted molar refractivity (Wildman–Crippen MR) is 71.0 cm³/mol. The number of rotatable bonds is 2. The van der Waals surface area contributed by atoms with Crippen LogP contribution in [0, 0.1) is 5.41 Å². The van der Waals surface area contributed by atoms with Crippen LogP contribution < -0.4 is 0 Å². The third-order valence-electron chi connectivity index (χ3n) is 3.69. The fourth-order valence-electron chi connectivity index (χ4n) is 2.71. The number of β-lactam (4-membered cyclic amide) rings is 1. The fourth-order valence-corrected chi connectivity index (χ4v) is 2.71. The van der Waals surface area contributed by atoms with E-state index in [2.05, 4.69) is 20.8 Å². The molecule has 1 fully saturated rings. The molecule has 0 spiro atoms. The Balaban J connectivity index is 2.25. The Bertz CT molecular complexity index is 436. The van der Waals surface area contributed by atoms with Gasteiger partial charge in [0.1, 0.15) is 0 Å². The molecule has 3 atom stereocenters. The molecule has 1 aliphatic rings. The molecule has 1 heterocycles. The maximum Gasteiger partial charge on any atom is 0.254 e. The van der Waals surface area contributed by atoms with Crippen molar-refractivity contribution in [3.63, 3.8) is 0 Å². The average molecular weight is 247 g/mol. The SMILES string of the molecule is C[C@@H](c1ccccc1)N1C(=O)[C@@H](O)[C@H]1C(C)(C)C. The van der Waals surface area contributed by atoms with Gasteiger partial charge < -0.3 is 10.0 Å². The van der Waals surface area contributed by atoms with Crippen LogP contribution in [0.3, 0.4) is 0 Å². The van der Waals surface area contributed by atoms with Crippen molar-refractivity contribution in [1.82, 2.24) is 4.90 Å². The zero-order valence-corrected chi connectivity index (χ0v) is 11.4. The van der Waals surface area contributed by atoms with Gasteiger partial charge in [0.05, 0.1) is 12.1 Å². The highest BCUT2D eigenvalue weighted by molar-refractivity contribution is 5.88. The third kappa shape index (κ3) is 2.03. The number of benzene rings is 1. The lowest BCUT2D eigenvalue weighted by molar-refractivity contribution is -0.182. The molecule has 3 heteroatoms. The molecule has 1 amide bonds. The molecule has 3 nitrogen and oxygen atoms in total. The van der Waals surface area contributed by atoms with Gasteiger partial charge in [0.2, 0.25) is 0 Å². The molecule has 1 saturated heterocycles. The second-order valence-corrected chi connectivity index (χ2v) is 6.09. The number of amides is 1. The van der Waals surface area contributed by atoms with Crippen LogP contribution >= 0.6 is 0 Å². The summed E-state index contributed by atoms with van der Waals surface area (Å²) in [6.45, 7) is 8.17. The summed E-state index contributed by atoms with van der Waals surface area (Å²) in [5, 5.41) is 9.89. The lowest BCUT2D eigenvalue weighted by Crippen LogP contribution is -2.69. The van der Waals surface area contributed by atoms with E-state index in [0.717, 1.165) is 5.56 Å². The molecule has 0 aromatic heterocycles. The van der Waals surface area contributed by atoms with Gasteiger partial charge in [-0.3, -0.25) is 4.79 Å². The molecule has 98 valence electrons. The first-order valence-electron chi connectivity index (χ1n) is 6.39. The van der Waals surface area contributed by atoms with Crippen molar-refractivity contribution in [3.05, 3.63) is 35.9 Å². The molecule has 0 bridgehead atoms. The minimum absolute atomic E-state index is 0.00586. The second-order valence-electron chi connectivity index (χ2n) is 6.09. The highest BCUT2D eigenvalue weighted by Gasteiger charge is 2.53. The van der Waals surface area contributed by atoms with Crippen molar-refractivity contribution in [3.8, 4) is 0 Å². The van der Waals surface area contributed by atoms with E-state index in [-0.39, 0.29) is 23.4 Å². The number of carbonyl (C=O) groups is 1. The number of likely N-dealkylation sites (tertiary alicyclic amines) is 1. The van der Waals surface area contributed by atoms with E-state index in [9.17, 15) is 9.90 Å². The molecular formula is C15H21NO2. The summed E-state index contributed by atoms with van der Waals surface area (Å²) in [5.74, 6) is -0.161. The molecule has 1 aromatic carbocycles. The fraction of sp³-hybridized carbons (Fsp3) is 0.533. The Morgan fingerprint density at radius 1 is 1.22 bits per heavy atom. The van der Waals surface area contributed by atoms with Crippen LogP contribution in [0.5, 0.6) is 0 Å². The van der Waals surface area contributed by atoms with Gasteiger partial charge in [-0.2, -0.15) is 0 Å². The number of aliphatic hydroxyl groups is 1. The summed E-state index contributed by atoms with van der Waals surface area (Å²) in [6.07, 6.45) is -0.851. The number of carbonyl (C=O) groups excluding carboxylic acids is 1. The number of hydrogen-bond donors (Lipinski definition) is 1. The Kier molecular flexibility index (Phi) is 3.20. The van der Waals surface area contributed by atoms with Gasteiger partial charge in [-0.1, -0.05) is 51.1 Å². The standard InChI is InChI=1S/C15H21NO2/c1-10(11-8-6-5-7-9-11)16-13(15(2,3)4)12(17)14(16)18/h5-10,12-13,17H,1-4H3/t10-,12-,13-/m0/s1. The topological polar surface area (TPSA) is 40.5 Å². The van der Waals surface area contributed by atoms with Crippen LogP contribution in [-0.4, -0.2) is 28.1 Å². The van der Waals surface area contributed by atoms with Gasteiger partial charge in [-0.05, 0) is 17.9 Å². The Morgan fingerprint density at radius 2 is 1.78 bits per heavy atom.